The lowest BCUT2D eigenvalue weighted by molar-refractivity contribution is -0.158. The molecule has 1 unspecified atom stereocenters. The lowest BCUT2D eigenvalue weighted by Gasteiger charge is -2.31. The summed E-state index contributed by atoms with van der Waals surface area (Å²) in [7, 11) is 0. The molecule has 1 saturated carbocycles. The van der Waals surface area contributed by atoms with E-state index in [0.29, 0.717) is 24.8 Å². The number of rotatable bonds is 12. The zero-order valence-corrected chi connectivity index (χ0v) is 34.4. The summed E-state index contributed by atoms with van der Waals surface area (Å²) in [6.45, 7) is 6.29. The molecule has 314 valence electrons. The largest absolute Gasteiger partial charge is 0.458 e. The third kappa shape index (κ3) is 14.9. The Hall–Kier alpha value is -5.33. The van der Waals surface area contributed by atoms with E-state index in [1.54, 1.807) is 58.0 Å². The Morgan fingerprint density at radius 3 is 2.29 bits per heavy atom. The molecule has 1 aliphatic heterocycles. The van der Waals surface area contributed by atoms with E-state index < -0.39 is 71.7 Å². The quantitative estimate of drug-likeness (QED) is 0.148. The molecule has 2 bridgehead atoms. The standard InChI is InChI=1S/C45H61N5O8/c1-5-18-34(40(53)43(56)46-29-37(52)50-39(33-24-14-10-15-25-33)44(57)58-45(2,3)4)47-41(54)35-28-31-21-17-20-30(27-31)19-11-7-6-8-16-26-36(51)49-38(42(55)48-35)32-22-12-9-13-23-32/h10-11,14-15,17,19-21,24-25,27,32,34-35,38-39H,5-9,12-13,16,18,22-23,26,28-29H2,1-4H3,(H,46,56)(H,47,54)(H,48,55)(H,49,51)(H,50,52)/t34?,35-,38-,39-/m0/s1. The number of hydrogen-bond acceptors (Lipinski definition) is 8. The molecule has 1 fully saturated rings. The van der Waals surface area contributed by atoms with Crippen LogP contribution in [0, 0.1) is 5.92 Å². The Balaban J connectivity index is 1.50. The molecular formula is C45H61N5O8. The molecule has 13 nitrogen and oxygen atoms in total. The smallest absolute Gasteiger partial charge is 0.333 e. The van der Waals surface area contributed by atoms with E-state index in [-0.39, 0.29) is 24.7 Å². The molecule has 58 heavy (non-hydrogen) atoms. The number of ketones is 1. The van der Waals surface area contributed by atoms with Gasteiger partial charge in [-0.3, -0.25) is 28.8 Å². The van der Waals surface area contributed by atoms with Crippen molar-refractivity contribution in [2.24, 2.45) is 5.92 Å². The van der Waals surface area contributed by atoms with E-state index >= 15 is 0 Å². The number of Topliss-reactive ketones (excluding diaryl/α,β-unsaturated/α-hetero) is 1. The first kappa shape index (κ1) is 45.4. The van der Waals surface area contributed by atoms with E-state index in [4.69, 9.17) is 4.74 Å². The molecule has 0 radical (unpaired) electrons. The van der Waals surface area contributed by atoms with Gasteiger partial charge in [-0.15, -0.1) is 0 Å². The highest BCUT2D eigenvalue weighted by atomic mass is 16.6. The van der Waals surface area contributed by atoms with Gasteiger partial charge in [0.2, 0.25) is 29.4 Å². The first-order chi connectivity index (χ1) is 27.7. The van der Waals surface area contributed by atoms with Crippen molar-refractivity contribution in [2.45, 2.75) is 141 Å². The maximum absolute atomic E-state index is 14.2. The molecule has 2 aromatic carbocycles. The summed E-state index contributed by atoms with van der Waals surface area (Å²) >= 11 is 0. The number of benzene rings is 2. The predicted octanol–water partition coefficient (Wildman–Crippen LogP) is 4.93. The van der Waals surface area contributed by atoms with Crippen LogP contribution in [-0.2, 0) is 44.7 Å². The fraction of sp³-hybridized carbons (Fsp3) is 0.533. The van der Waals surface area contributed by atoms with Crippen LogP contribution in [0.15, 0.2) is 60.7 Å². The van der Waals surface area contributed by atoms with Crippen LogP contribution in [0.1, 0.15) is 127 Å². The second-order valence-electron chi connectivity index (χ2n) is 16.3. The average molecular weight is 800 g/mol. The molecule has 2 aromatic rings. The topological polar surface area (TPSA) is 189 Å². The first-order valence-corrected chi connectivity index (χ1v) is 20.8. The molecule has 4 atom stereocenters. The number of amides is 5. The number of esters is 1. The maximum Gasteiger partial charge on any atom is 0.333 e. The van der Waals surface area contributed by atoms with Crippen molar-refractivity contribution < 1.29 is 38.3 Å². The average Bonchev–Trinajstić information content (AvgIpc) is 3.19. The van der Waals surface area contributed by atoms with Gasteiger partial charge in [0.25, 0.3) is 5.91 Å². The summed E-state index contributed by atoms with van der Waals surface area (Å²) in [5.74, 6) is -4.92. The summed E-state index contributed by atoms with van der Waals surface area (Å²) in [5, 5.41) is 13.5. The van der Waals surface area contributed by atoms with E-state index in [1.165, 1.54) is 0 Å². The van der Waals surface area contributed by atoms with Gasteiger partial charge >= 0.3 is 5.97 Å². The minimum Gasteiger partial charge on any atom is -0.458 e. The summed E-state index contributed by atoms with van der Waals surface area (Å²) in [6.07, 6.45) is 12.9. The van der Waals surface area contributed by atoms with Crippen LogP contribution in [0.5, 0.6) is 0 Å². The van der Waals surface area contributed by atoms with Crippen molar-refractivity contribution in [1.82, 2.24) is 26.6 Å². The zero-order valence-electron chi connectivity index (χ0n) is 34.4. The van der Waals surface area contributed by atoms with Crippen LogP contribution in [0.3, 0.4) is 0 Å². The molecule has 5 N–H and O–H groups in total. The zero-order chi connectivity index (χ0) is 42.1. The Labute approximate surface area is 342 Å². The number of nitrogens with one attached hydrogen (secondary N) is 5. The van der Waals surface area contributed by atoms with Gasteiger partial charge in [0.05, 0.1) is 12.6 Å². The van der Waals surface area contributed by atoms with Crippen molar-refractivity contribution in [3.8, 4) is 0 Å². The van der Waals surface area contributed by atoms with E-state index in [0.717, 1.165) is 62.5 Å². The van der Waals surface area contributed by atoms with Crippen molar-refractivity contribution >= 4 is 47.4 Å². The number of carbonyl (C=O) groups excluding carboxylic acids is 7. The van der Waals surface area contributed by atoms with Gasteiger partial charge in [-0.1, -0.05) is 106 Å². The minimum atomic E-state index is -1.26. The number of hydrogen-bond donors (Lipinski definition) is 5. The van der Waals surface area contributed by atoms with Gasteiger partial charge in [-0.05, 0) is 81.9 Å². The molecule has 0 spiro atoms. The van der Waals surface area contributed by atoms with Crippen molar-refractivity contribution in [3.05, 3.63) is 77.4 Å². The number of allylic oxidation sites excluding steroid dienone is 1. The van der Waals surface area contributed by atoms with Crippen LogP contribution >= 0.6 is 0 Å². The second kappa shape index (κ2) is 22.6. The predicted molar refractivity (Wildman–Crippen MR) is 221 cm³/mol. The number of carbonyl (C=O) groups is 7. The van der Waals surface area contributed by atoms with Gasteiger partial charge < -0.3 is 31.3 Å². The Kier molecular flexibility index (Phi) is 17.7. The highest BCUT2D eigenvalue weighted by Crippen LogP contribution is 2.27. The van der Waals surface area contributed by atoms with E-state index in [9.17, 15) is 33.6 Å². The van der Waals surface area contributed by atoms with Gasteiger partial charge in [0, 0.05) is 12.8 Å². The first-order valence-electron chi connectivity index (χ1n) is 20.8. The van der Waals surface area contributed by atoms with Crippen molar-refractivity contribution in [2.75, 3.05) is 6.54 Å². The Morgan fingerprint density at radius 1 is 0.862 bits per heavy atom. The summed E-state index contributed by atoms with van der Waals surface area (Å²) < 4.78 is 5.51. The summed E-state index contributed by atoms with van der Waals surface area (Å²) in [5.41, 5.74) is 1.35. The van der Waals surface area contributed by atoms with Crippen molar-refractivity contribution in [1.29, 1.82) is 0 Å². The maximum atomic E-state index is 14.2. The highest BCUT2D eigenvalue weighted by Gasteiger charge is 2.35. The minimum absolute atomic E-state index is 0.0848. The van der Waals surface area contributed by atoms with Crippen molar-refractivity contribution in [3.63, 3.8) is 0 Å². The third-order valence-electron chi connectivity index (χ3n) is 10.3. The lowest BCUT2D eigenvalue weighted by atomic mass is 9.83. The van der Waals surface area contributed by atoms with Gasteiger partial charge in [-0.25, -0.2) is 4.79 Å². The van der Waals surface area contributed by atoms with Gasteiger partial charge in [-0.2, -0.15) is 0 Å². The number of fused-ring (bicyclic) bond motifs is 2. The normalized spacial score (nSPS) is 19.6. The molecule has 1 aliphatic carbocycles. The molecule has 0 aromatic heterocycles. The highest BCUT2D eigenvalue weighted by molar-refractivity contribution is 6.38. The van der Waals surface area contributed by atoms with Gasteiger partial charge in [0.15, 0.2) is 6.04 Å². The van der Waals surface area contributed by atoms with Gasteiger partial charge in [0.1, 0.15) is 17.7 Å². The van der Waals surface area contributed by atoms with E-state index in [1.807, 2.05) is 30.3 Å². The Morgan fingerprint density at radius 2 is 1.59 bits per heavy atom. The van der Waals surface area contributed by atoms with Crippen LogP contribution in [0.2, 0.25) is 0 Å². The van der Waals surface area contributed by atoms with Crippen LogP contribution in [0.4, 0.5) is 0 Å². The van der Waals surface area contributed by atoms with Crippen LogP contribution in [-0.4, -0.2) is 71.6 Å². The molecule has 1 heterocycles. The fourth-order valence-corrected chi connectivity index (χ4v) is 7.32. The van der Waals surface area contributed by atoms with E-state index in [2.05, 4.69) is 32.7 Å². The summed E-state index contributed by atoms with van der Waals surface area (Å²) in [6, 6.07) is 11.7. The van der Waals surface area contributed by atoms with Crippen LogP contribution < -0.4 is 26.6 Å². The monoisotopic (exact) mass is 799 g/mol. The second-order valence-corrected chi connectivity index (χ2v) is 16.3. The molecule has 5 amide bonds. The Bertz CT molecular complexity index is 1770. The lowest BCUT2D eigenvalue weighted by Crippen LogP contribution is -2.59. The fourth-order valence-electron chi connectivity index (χ4n) is 7.32. The van der Waals surface area contributed by atoms with Crippen LogP contribution in [0.25, 0.3) is 6.08 Å². The molecule has 13 heteroatoms. The number of ether oxygens (including phenoxy) is 1. The molecule has 0 saturated heterocycles. The molecule has 2 aliphatic rings. The molecule has 4 rings (SSSR count). The summed E-state index contributed by atoms with van der Waals surface area (Å²) in [4.78, 5) is 94.2. The third-order valence-corrected chi connectivity index (χ3v) is 10.3. The SMILES string of the molecule is CCCC(NC(=O)[C@@H]1Cc2cccc(c2)C=CCCCCCC(=O)N[C@@H](C2CCCCC2)C(=O)N1)C(=O)C(=O)NCC(=O)N[C@H](C(=O)OC(C)(C)C)c1ccccc1. The molecular weight excluding hydrogens is 739 g/mol.